The third-order valence-corrected chi connectivity index (χ3v) is 14.4. The number of rotatable bonds is 10. The number of carbonyl (C=O) groups excluding carboxylic acids is 1. The lowest BCUT2D eigenvalue weighted by Crippen LogP contribution is -2.40. The summed E-state index contributed by atoms with van der Waals surface area (Å²) in [7, 11) is 10.5. The van der Waals surface area contributed by atoms with Crippen molar-refractivity contribution in [3.05, 3.63) is 354 Å². The van der Waals surface area contributed by atoms with Crippen molar-refractivity contribution in [3.8, 4) is 5.69 Å². The summed E-state index contributed by atoms with van der Waals surface area (Å²) in [5.41, 5.74) is 17.4. The number of aromatic nitrogens is 6. The molecule has 0 N–H and O–H groups in total. The lowest BCUT2D eigenvalue weighted by Gasteiger charge is -2.23. The molecule has 0 aliphatic carbocycles. The molecular formula is C89H122N7O2+7. The molecule has 518 valence electrons. The van der Waals surface area contributed by atoms with Gasteiger partial charge in [-0.3, -0.25) is 9.28 Å². The number of Topliss-reactive ketones (excluding diaryl/α,β-unsaturated/α-hetero) is 1. The second-order valence-corrected chi connectivity index (χ2v) is 24.1. The Hall–Kier alpha value is -9.83. The molecule has 0 saturated heterocycles. The third-order valence-electron chi connectivity index (χ3n) is 14.4. The van der Waals surface area contributed by atoms with Crippen LogP contribution < -0.4 is 36.9 Å². The number of benzene rings is 5. The van der Waals surface area contributed by atoms with Gasteiger partial charge in [-0.1, -0.05) is 179 Å². The van der Waals surface area contributed by atoms with Gasteiger partial charge in [-0.2, -0.15) is 4.57 Å². The van der Waals surface area contributed by atoms with E-state index in [0.717, 1.165) is 35.1 Å². The SMILES string of the molecule is C=C(O[n+]1ccccc1)c1ccc(C)cc1.CC.CC.CCC(=O)c1ccc(C)cc1.CC[n+]1ccc(C)cc1.CC[n+]1cccc(C)c1.CCc1ccc(C)cc1.Cc1cc[n+](C)cc1.Cc1ccc(-[n+]2ccccc2)cc1.Cc1ccc([N+](C)(C)C)cc1.Cc1ccc[n+](C)c1. The van der Waals surface area contributed by atoms with E-state index in [-0.39, 0.29) is 5.78 Å². The molecule has 6 heterocycles. The number of quaternary nitrogens is 1. The molecule has 9 nitrogen and oxygen atoms in total. The Morgan fingerprint density at radius 3 is 1.14 bits per heavy atom. The summed E-state index contributed by atoms with van der Waals surface area (Å²) >= 11 is 0. The third kappa shape index (κ3) is 39.3. The van der Waals surface area contributed by atoms with Crippen molar-refractivity contribution in [3.63, 3.8) is 0 Å². The summed E-state index contributed by atoms with van der Waals surface area (Å²) in [4.78, 5) is 16.7. The molecule has 11 aromatic rings. The lowest BCUT2D eigenvalue weighted by molar-refractivity contribution is -0.871. The molecule has 9 heteroatoms. The molecule has 0 aliphatic rings. The first-order valence-corrected chi connectivity index (χ1v) is 34.6. The second-order valence-electron chi connectivity index (χ2n) is 24.1. The standard InChI is InChI=1S/C14H14NO.C12H12N.C10H16N.C10H12O.C9H12.2C8H12N.2C7H10N.2C2H6/c1-12-6-8-14(9-7-12)13(2)16-15-10-4-3-5-11-15;1-11-5-7-12(8-6-11)13-9-3-2-4-10-13;1-9-5-7-10(8-6-9)11(2,3)4;1-3-10(11)9-6-4-8(2)5-7-9;2*1-3-9-6-4-8(2)5-7-9;1-3-9-6-4-5-8(2)7-9;1-7-3-5-8(2)6-4-7;1-7-4-3-5-8(2)6-7;2*1-2/h3-11H,2H2,1H3;2-10H,1H3;5-8H,1-4H3;4-7H,3H2,1-2H3;3*4-7H,3H2,1-2H3;2*3-6H,1-2H3;2*1-2H3/q3*+1;;;4*+1;;. The first kappa shape index (κ1) is 86.2. The van der Waals surface area contributed by atoms with Gasteiger partial charge in [0.1, 0.15) is 32.9 Å². The quantitative estimate of drug-likeness (QED) is 0.0593. The monoisotopic (exact) mass is 1320 g/mol. The fourth-order valence-corrected chi connectivity index (χ4v) is 8.32. The van der Waals surface area contributed by atoms with Crippen LogP contribution in [0, 0.1) is 62.3 Å². The zero-order valence-electron chi connectivity index (χ0n) is 64.0. The van der Waals surface area contributed by atoms with Crippen LogP contribution in [-0.4, -0.2) is 26.9 Å². The number of ketones is 1. The average molecular weight is 1320 g/mol. The van der Waals surface area contributed by atoms with Gasteiger partial charge >= 0.3 is 0 Å². The summed E-state index contributed by atoms with van der Waals surface area (Å²) in [6, 6.07) is 70.1. The molecule has 11 rings (SSSR count). The number of carbonyl (C=O) groups is 1. The largest absolute Gasteiger partial charge is 0.298 e. The summed E-state index contributed by atoms with van der Waals surface area (Å²) in [5, 5.41) is 0. The molecule has 6 aromatic heterocycles. The van der Waals surface area contributed by atoms with Crippen LogP contribution in [0.3, 0.4) is 0 Å². The zero-order valence-corrected chi connectivity index (χ0v) is 64.0. The number of hydrogen-bond donors (Lipinski definition) is 0. The number of pyridine rings is 6. The summed E-state index contributed by atoms with van der Waals surface area (Å²) in [6.45, 7) is 41.1. The Balaban J connectivity index is 0.000000552. The number of aryl methyl sites for hydroxylation is 14. The van der Waals surface area contributed by atoms with Gasteiger partial charge in [0.25, 0.3) is 0 Å². The molecule has 0 fully saturated rings. The molecule has 0 unspecified atom stereocenters. The Kier molecular flexibility index (Phi) is 44.4. The summed E-state index contributed by atoms with van der Waals surface area (Å²) < 4.78 is 13.0. The van der Waals surface area contributed by atoms with Crippen LogP contribution >= 0.6 is 0 Å². The first-order valence-electron chi connectivity index (χ1n) is 34.6. The minimum absolute atomic E-state index is 0.213. The minimum atomic E-state index is 0.213. The fourth-order valence-electron chi connectivity index (χ4n) is 8.32. The molecule has 0 aliphatic heterocycles. The maximum absolute atomic E-state index is 11.1. The maximum Gasteiger partial charge on any atom is 0.223 e. The van der Waals surface area contributed by atoms with E-state index < -0.39 is 0 Å². The molecule has 0 spiro atoms. The van der Waals surface area contributed by atoms with Crippen molar-refractivity contribution < 1.29 is 37.2 Å². The van der Waals surface area contributed by atoms with Crippen molar-refractivity contribution in [2.75, 3.05) is 21.1 Å². The van der Waals surface area contributed by atoms with Crippen LogP contribution in [-0.2, 0) is 33.6 Å². The average Bonchev–Trinajstić information content (AvgIpc) is 1.15. The Labute approximate surface area is 594 Å². The van der Waals surface area contributed by atoms with Crippen molar-refractivity contribution in [2.45, 2.75) is 144 Å². The van der Waals surface area contributed by atoms with Gasteiger partial charge in [0.15, 0.2) is 67.8 Å². The molecule has 0 amide bonds. The molecule has 5 aromatic carbocycles. The Morgan fingerprint density at radius 2 is 0.765 bits per heavy atom. The zero-order chi connectivity index (χ0) is 73.3. The van der Waals surface area contributed by atoms with Crippen molar-refractivity contribution >= 4 is 17.2 Å². The van der Waals surface area contributed by atoms with E-state index in [1.165, 1.54) is 67.0 Å². The highest BCUT2D eigenvalue weighted by atomic mass is 16.7. The predicted octanol–water partition coefficient (Wildman–Crippen LogP) is 18.3. The second kappa shape index (κ2) is 50.5. The molecule has 0 saturated carbocycles. The van der Waals surface area contributed by atoms with Crippen LogP contribution in [0.2, 0.25) is 0 Å². The molecular weight excluding hydrogens is 1200 g/mol. The van der Waals surface area contributed by atoms with Crippen LogP contribution in [0.15, 0.2) is 287 Å². The highest BCUT2D eigenvalue weighted by Crippen LogP contribution is 2.16. The fraction of sp³-hybridized carbons (Fsp3) is 0.292. The van der Waals surface area contributed by atoms with Gasteiger partial charge < -0.3 is 0 Å². The van der Waals surface area contributed by atoms with E-state index in [4.69, 9.17) is 4.84 Å². The smallest absolute Gasteiger partial charge is 0.223 e. The van der Waals surface area contributed by atoms with Crippen molar-refractivity contribution in [1.82, 2.24) is 4.48 Å². The van der Waals surface area contributed by atoms with E-state index in [2.05, 4.69) is 264 Å². The van der Waals surface area contributed by atoms with Crippen LogP contribution in [0.4, 0.5) is 5.69 Å². The number of hydrogen-bond acceptors (Lipinski definition) is 2. The minimum Gasteiger partial charge on any atom is -0.298 e. The van der Waals surface area contributed by atoms with Crippen LogP contribution in [0.5, 0.6) is 0 Å². The van der Waals surface area contributed by atoms with Gasteiger partial charge in [-0.05, 0) is 130 Å². The summed E-state index contributed by atoms with van der Waals surface area (Å²) in [6.07, 6.45) is 26.1. The topological polar surface area (TPSA) is 49.6 Å². The van der Waals surface area contributed by atoms with Crippen molar-refractivity contribution in [2.24, 2.45) is 14.1 Å². The first-order chi connectivity index (χ1) is 46.9. The normalized spacial score (nSPS) is 9.57. The molecule has 98 heavy (non-hydrogen) atoms. The Bertz CT molecular complexity index is 3730. The van der Waals surface area contributed by atoms with E-state index >= 15 is 0 Å². The molecule has 0 atom stereocenters. The Morgan fingerprint density at radius 1 is 0.378 bits per heavy atom. The van der Waals surface area contributed by atoms with Crippen molar-refractivity contribution in [1.29, 1.82) is 0 Å². The van der Waals surface area contributed by atoms with E-state index in [1.54, 1.807) is 4.73 Å². The van der Waals surface area contributed by atoms with Gasteiger partial charge in [0.2, 0.25) is 23.8 Å². The predicted molar refractivity (Wildman–Crippen MR) is 415 cm³/mol. The van der Waals surface area contributed by atoms with E-state index in [0.29, 0.717) is 12.2 Å². The highest BCUT2D eigenvalue weighted by molar-refractivity contribution is 5.95. The number of nitrogens with zero attached hydrogens (tertiary/aromatic N) is 7. The van der Waals surface area contributed by atoms with Gasteiger partial charge in [0.05, 0.1) is 21.1 Å². The summed E-state index contributed by atoms with van der Waals surface area (Å²) in [5.74, 6) is 0.848. The van der Waals surface area contributed by atoms with Crippen LogP contribution in [0.1, 0.15) is 133 Å². The molecule has 0 radical (unpaired) electrons. The van der Waals surface area contributed by atoms with E-state index in [9.17, 15) is 4.79 Å². The van der Waals surface area contributed by atoms with Crippen LogP contribution in [0.25, 0.3) is 11.4 Å². The van der Waals surface area contributed by atoms with Gasteiger partial charge in [0, 0.05) is 106 Å². The highest BCUT2D eigenvalue weighted by Gasteiger charge is 2.10. The maximum atomic E-state index is 11.1. The molecule has 0 bridgehead atoms. The van der Waals surface area contributed by atoms with Gasteiger partial charge in [-0.15, -0.1) is 0 Å². The van der Waals surface area contributed by atoms with E-state index in [1.807, 2.05) is 199 Å². The van der Waals surface area contributed by atoms with Gasteiger partial charge in [-0.25, -0.2) is 23.1 Å². The lowest BCUT2D eigenvalue weighted by atomic mass is 10.1.